The number of carboxylic acids is 1. The summed E-state index contributed by atoms with van der Waals surface area (Å²) in [5, 5.41) is 17.3. The summed E-state index contributed by atoms with van der Waals surface area (Å²) >= 11 is 0. The van der Waals surface area contributed by atoms with E-state index in [1.807, 2.05) is 94.3 Å². The normalized spacial score (nSPS) is 10.8. The van der Waals surface area contributed by atoms with Crippen molar-refractivity contribution in [3.8, 4) is 11.5 Å². The van der Waals surface area contributed by atoms with E-state index in [1.165, 1.54) is 6.08 Å². The Kier molecular flexibility index (Phi) is 10.9. The Labute approximate surface area is 227 Å². The highest BCUT2D eigenvalue weighted by molar-refractivity contribution is 5.94. The zero-order valence-corrected chi connectivity index (χ0v) is 21.9. The first-order valence-electron chi connectivity index (χ1n) is 12.2. The zero-order chi connectivity index (χ0) is 28.0. The number of benzene rings is 2. The number of carboxylic acid groups (broad SMARTS) is 1. The van der Waals surface area contributed by atoms with Crippen LogP contribution in [0.3, 0.4) is 0 Å². The van der Waals surface area contributed by atoms with Gasteiger partial charge in [0.15, 0.2) is 5.78 Å². The largest absolute Gasteiger partial charge is 0.497 e. The summed E-state index contributed by atoms with van der Waals surface area (Å²) in [6.07, 6.45) is 9.70. The van der Waals surface area contributed by atoms with E-state index in [1.54, 1.807) is 26.4 Å². The van der Waals surface area contributed by atoms with Crippen LogP contribution in [-0.2, 0) is 22.7 Å². The number of aliphatic carboxylic acids is 1. The van der Waals surface area contributed by atoms with Gasteiger partial charge in [0.2, 0.25) is 0 Å². The van der Waals surface area contributed by atoms with Gasteiger partial charge in [-0.2, -0.15) is 0 Å². The Morgan fingerprint density at radius 1 is 0.718 bits per heavy atom. The third-order valence-corrected chi connectivity index (χ3v) is 5.75. The van der Waals surface area contributed by atoms with Crippen LogP contribution in [0, 0.1) is 0 Å². The number of ketones is 1. The number of hydrogen-bond donors (Lipinski definition) is 2. The molecule has 202 valence electrons. The van der Waals surface area contributed by atoms with Crippen molar-refractivity contribution in [1.82, 2.24) is 9.13 Å². The predicted molar refractivity (Wildman–Crippen MR) is 151 cm³/mol. The zero-order valence-electron chi connectivity index (χ0n) is 21.9. The molecule has 4 aromatic rings. The molecule has 0 amide bonds. The SMILES string of the molecule is COc1ccc(Cn2cccc2/C=C/C(=O)CO)cc1.COc1ccc(Cn2cccc2/C=C/C(=O)O)cc1. The highest BCUT2D eigenvalue weighted by Crippen LogP contribution is 2.15. The van der Waals surface area contributed by atoms with E-state index in [4.69, 9.17) is 19.7 Å². The number of aromatic nitrogens is 2. The Hall–Kier alpha value is -4.82. The Morgan fingerprint density at radius 2 is 1.15 bits per heavy atom. The minimum atomic E-state index is -0.947. The lowest BCUT2D eigenvalue weighted by Gasteiger charge is -2.07. The first-order valence-corrected chi connectivity index (χ1v) is 12.2. The highest BCUT2D eigenvalue weighted by atomic mass is 16.5. The number of nitrogens with zero attached hydrogens (tertiary/aromatic N) is 2. The quantitative estimate of drug-likeness (QED) is 0.272. The van der Waals surface area contributed by atoms with Gasteiger partial charge < -0.3 is 28.8 Å². The molecule has 0 atom stereocenters. The van der Waals surface area contributed by atoms with Crippen LogP contribution in [0.2, 0.25) is 0 Å². The second-order valence-corrected chi connectivity index (χ2v) is 8.45. The molecular weight excluding hydrogens is 496 g/mol. The number of hydrogen-bond acceptors (Lipinski definition) is 5. The fourth-order valence-electron chi connectivity index (χ4n) is 3.69. The van der Waals surface area contributed by atoms with Crippen LogP contribution >= 0.6 is 0 Å². The van der Waals surface area contributed by atoms with Crippen LogP contribution in [0.25, 0.3) is 12.2 Å². The van der Waals surface area contributed by atoms with Gasteiger partial charge in [0.25, 0.3) is 0 Å². The average molecular weight is 529 g/mol. The maximum Gasteiger partial charge on any atom is 0.328 e. The molecule has 8 heteroatoms. The lowest BCUT2D eigenvalue weighted by atomic mass is 10.2. The number of aliphatic hydroxyl groups is 1. The number of methoxy groups -OCH3 is 2. The molecule has 0 bridgehead atoms. The van der Waals surface area contributed by atoms with Crippen LogP contribution < -0.4 is 9.47 Å². The molecule has 39 heavy (non-hydrogen) atoms. The van der Waals surface area contributed by atoms with Crippen molar-refractivity contribution >= 4 is 23.9 Å². The van der Waals surface area contributed by atoms with Crippen molar-refractivity contribution < 1.29 is 29.3 Å². The van der Waals surface area contributed by atoms with Gasteiger partial charge in [-0.15, -0.1) is 0 Å². The molecule has 0 radical (unpaired) electrons. The fourth-order valence-corrected chi connectivity index (χ4v) is 3.69. The molecule has 2 heterocycles. The van der Waals surface area contributed by atoms with E-state index in [2.05, 4.69) is 0 Å². The smallest absolute Gasteiger partial charge is 0.328 e. The summed E-state index contributed by atoms with van der Waals surface area (Å²) in [4.78, 5) is 21.6. The number of rotatable bonds is 11. The molecule has 0 aliphatic heterocycles. The summed E-state index contributed by atoms with van der Waals surface area (Å²) in [5.41, 5.74) is 4.05. The minimum absolute atomic E-state index is 0.304. The summed E-state index contributed by atoms with van der Waals surface area (Å²) in [6.45, 7) is 0.940. The molecule has 0 aliphatic carbocycles. The molecule has 0 saturated carbocycles. The summed E-state index contributed by atoms with van der Waals surface area (Å²) < 4.78 is 14.3. The molecule has 2 N–H and O–H groups in total. The van der Waals surface area contributed by atoms with Gasteiger partial charge in [-0.3, -0.25) is 4.79 Å². The first-order chi connectivity index (χ1) is 18.9. The Morgan fingerprint density at radius 3 is 1.54 bits per heavy atom. The van der Waals surface area contributed by atoms with E-state index in [9.17, 15) is 9.59 Å². The van der Waals surface area contributed by atoms with Gasteiger partial charge in [-0.25, -0.2) is 4.79 Å². The van der Waals surface area contributed by atoms with E-state index in [0.29, 0.717) is 13.1 Å². The number of aliphatic hydroxyl groups excluding tert-OH is 1. The van der Waals surface area contributed by atoms with Gasteiger partial charge in [0.05, 0.1) is 14.2 Å². The molecule has 0 aliphatic rings. The third-order valence-electron chi connectivity index (χ3n) is 5.75. The van der Waals surface area contributed by atoms with Crippen LogP contribution in [0.1, 0.15) is 22.5 Å². The lowest BCUT2D eigenvalue weighted by molar-refractivity contribution is -0.131. The molecule has 4 rings (SSSR count). The van der Waals surface area contributed by atoms with Crippen molar-refractivity contribution in [3.63, 3.8) is 0 Å². The van der Waals surface area contributed by atoms with Crippen molar-refractivity contribution in [1.29, 1.82) is 0 Å². The maximum absolute atomic E-state index is 11.1. The van der Waals surface area contributed by atoms with Crippen molar-refractivity contribution in [2.45, 2.75) is 13.1 Å². The fraction of sp³-hybridized carbons (Fsp3) is 0.161. The maximum atomic E-state index is 11.1. The third kappa shape index (κ3) is 9.21. The van der Waals surface area contributed by atoms with Crippen LogP contribution in [0.4, 0.5) is 0 Å². The van der Waals surface area contributed by atoms with E-state index in [0.717, 1.165) is 40.1 Å². The second kappa shape index (κ2) is 14.8. The summed E-state index contributed by atoms with van der Waals surface area (Å²) in [7, 11) is 3.28. The van der Waals surface area contributed by atoms with Crippen molar-refractivity contribution in [2.75, 3.05) is 20.8 Å². The second-order valence-electron chi connectivity index (χ2n) is 8.45. The first kappa shape index (κ1) is 28.7. The summed E-state index contributed by atoms with van der Waals surface area (Å²) in [6, 6.07) is 23.3. The summed E-state index contributed by atoms with van der Waals surface area (Å²) in [5.74, 6) is 0.400. The lowest BCUT2D eigenvalue weighted by Crippen LogP contribution is -2.01. The topological polar surface area (TPSA) is 103 Å². The Bertz CT molecular complexity index is 1400. The molecule has 8 nitrogen and oxygen atoms in total. The number of carbonyl (C=O) groups is 2. The molecule has 0 spiro atoms. The predicted octanol–water partition coefficient (Wildman–Crippen LogP) is 4.76. The van der Waals surface area contributed by atoms with Crippen molar-refractivity contribution in [3.05, 3.63) is 120 Å². The number of carbonyl (C=O) groups excluding carboxylic acids is 1. The van der Waals surface area contributed by atoms with Gasteiger partial charge in [0, 0.05) is 42.9 Å². The highest BCUT2D eigenvalue weighted by Gasteiger charge is 2.02. The standard InChI is InChI=1S/C16H17NO3.C15H15NO3/c1-20-16-8-4-13(5-9-16)11-17-10-2-3-14(17)6-7-15(19)12-18;1-19-14-7-4-12(5-8-14)11-16-10-2-3-13(16)6-9-15(17)18/h2-10,18H,11-12H2,1H3;2-10H,11H2,1H3,(H,17,18)/b7-6+;9-6+. The van der Waals surface area contributed by atoms with Gasteiger partial charge in [-0.05, 0) is 77.9 Å². The van der Waals surface area contributed by atoms with E-state index < -0.39 is 12.6 Å². The monoisotopic (exact) mass is 528 g/mol. The van der Waals surface area contributed by atoms with E-state index in [-0.39, 0.29) is 5.78 Å². The van der Waals surface area contributed by atoms with Gasteiger partial charge in [0.1, 0.15) is 18.1 Å². The minimum Gasteiger partial charge on any atom is -0.497 e. The molecule has 0 unspecified atom stereocenters. The average Bonchev–Trinajstić information content (AvgIpc) is 3.60. The van der Waals surface area contributed by atoms with Crippen LogP contribution in [0.15, 0.2) is 97.3 Å². The van der Waals surface area contributed by atoms with Crippen molar-refractivity contribution in [2.24, 2.45) is 0 Å². The molecule has 0 fully saturated rings. The van der Waals surface area contributed by atoms with Gasteiger partial charge >= 0.3 is 5.97 Å². The van der Waals surface area contributed by atoms with Crippen LogP contribution in [0.5, 0.6) is 11.5 Å². The number of ether oxygens (including phenoxy) is 2. The van der Waals surface area contributed by atoms with Crippen LogP contribution in [-0.4, -0.2) is 51.9 Å². The molecule has 0 saturated heterocycles. The van der Waals surface area contributed by atoms with Gasteiger partial charge in [-0.1, -0.05) is 24.3 Å². The molecule has 2 aromatic heterocycles. The molecular formula is C31H32N2O6. The van der Waals surface area contributed by atoms with E-state index >= 15 is 0 Å². The Balaban J connectivity index is 0.000000216. The molecule has 2 aromatic carbocycles.